The van der Waals surface area contributed by atoms with E-state index in [1.54, 1.807) is 4.90 Å². The predicted molar refractivity (Wildman–Crippen MR) is 65.8 cm³/mol. The number of nitrogens with zero attached hydrogens (tertiary/aromatic N) is 1. The summed E-state index contributed by atoms with van der Waals surface area (Å²) in [5.41, 5.74) is 1.73. The van der Waals surface area contributed by atoms with Gasteiger partial charge in [0.05, 0.1) is 13.0 Å². The molecule has 2 rings (SSSR count). The first-order chi connectivity index (χ1) is 8.58. The van der Waals surface area contributed by atoms with Gasteiger partial charge in [0, 0.05) is 5.69 Å². The zero-order valence-corrected chi connectivity index (χ0v) is 10.1. The summed E-state index contributed by atoms with van der Waals surface area (Å²) < 4.78 is 4.86. The van der Waals surface area contributed by atoms with Crippen LogP contribution < -0.4 is 4.90 Å². The van der Waals surface area contributed by atoms with E-state index < -0.39 is 5.97 Å². The Balaban J connectivity index is 2.10. The Labute approximate surface area is 105 Å². The average molecular weight is 249 g/mol. The van der Waals surface area contributed by atoms with Crippen molar-refractivity contribution in [3.8, 4) is 0 Å². The molecule has 1 aliphatic rings. The summed E-state index contributed by atoms with van der Waals surface area (Å²) in [6.07, 6.45) is -0.230. The molecule has 1 aromatic carbocycles. The first kappa shape index (κ1) is 12.4. The molecule has 1 aliphatic heterocycles. The van der Waals surface area contributed by atoms with Gasteiger partial charge in [-0.05, 0) is 23.6 Å². The van der Waals surface area contributed by atoms with Gasteiger partial charge in [0.25, 0.3) is 0 Å². The first-order valence-corrected chi connectivity index (χ1v) is 5.84. The molecule has 1 fully saturated rings. The molecule has 96 valence electrons. The van der Waals surface area contributed by atoms with Crippen molar-refractivity contribution in [2.24, 2.45) is 0 Å². The van der Waals surface area contributed by atoms with Gasteiger partial charge < -0.3 is 9.84 Å². The highest BCUT2D eigenvalue weighted by Crippen LogP contribution is 2.24. The van der Waals surface area contributed by atoms with Crippen molar-refractivity contribution < 1.29 is 19.4 Å². The zero-order chi connectivity index (χ0) is 13.1. The van der Waals surface area contributed by atoms with Gasteiger partial charge in [-0.15, -0.1) is 0 Å². The molecule has 1 unspecified atom stereocenters. The Morgan fingerprint density at radius 3 is 2.61 bits per heavy atom. The molecule has 1 heterocycles. The number of anilines is 1. The molecule has 0 aromatic heterocycles. The van der Waals surface area contributed by atoms with Crippen LogP contribution in [0, 0.1) is 0 Å². The molecule has 5 heteroatoms. The molecule has 1 atom stereocenters. The van der Waals surface area contributed by atoms with E-state index in [0.717, 1.165) is 11.3 Å². The molecule has 5 nitrogen and oxygen atoms in total. The second kappa shape index (κ2) is 5.08. The number of carbonyl (C=O) groups excluding carboxylic acids is 1. The van der Waals surface area contributed by atoms with E-state index in [0.29, 0.717) is 13.2 Å². The lowest BCUT2D eigenvalue weighted by Gasteiger charge is -2.14. The van der Waals surface area contributed by atoms with E-state index in [9.17, 15) is 9.59 Å². The number of hydrogen-bond donors (Lipinski definition) is 1. The Hall–Kier alpha value is -2.04. The molecule has 1 amide bonds. The molecular formula is C13H15NO4. The van der Waals surface area contributed by atoms with Gasteiger partial charge in [0.2, 0.25) is 0 Å². The molecule has 0 saturated carbocycles. The maximum absolute atomic E-state index is 11.4. The van der Waals surface area contributed by atoms with E-state index in [-0.39, 0.29) is 18.4 Å². The summed E-state index contributed by atoms with van der Waals surface area (Å²) in [5.74, 6) is -0.850. The van der Waals surface area contributed by atoms with Crippen LogP contribution in [-0.2, 0) is 9.53 Å². The van der Waals surface area contributed by atoms with Crippen LogP contribution in [0.3, 0.4) is 0 Å². The normalized spacial score (nSPS) is 16.5. The van der Waals surface area contributed by atoms with Crippen LogP contribution in [0.5, 0.6) is 0 Å². The monoisotopic (exact) mass is 249 g/mol. The Morgan fingerprint density at radius 1 is 1.44 bits per heavy atom. The van der Waals surface area contributed by atoms with Gasteiger partial charge in [0.15, 0.2) is 0 Å². The predicted octanol–water partition coefficient (Wildman–Crippen LogP) is 2.22. The van der Waals surface area contributed by atoms with Crippen LogP contribution in [-0.4, -0.2) is 30.3 Å². The van der Waals surface area contributed by atoms with Crippen LogP contribution in [0.4, 0.5) is 10.5 Å². The van der Waals surface area contributed by atoms with Crippen molar-refractivity contribution in [1.29, 1.82) is 0 Å². The molecule has 1 N–H and O–H groups in total. The van der Waals surface area contributed by atoms with Crippen molar-refractivity contribution in [3.63, 3.8) is 0 Å². The fraction of sp³-hybridized carbons (Fsp3) is 0.385. The zero-order valence-electron chi connectivity index (χ0n) is 10.1. The van der Waals surface area contributed by atoms with E-state index in [1.807, 2.05) is 31.2 Å². The molecular weight excluding hydrogens is 234 g/mol. The SMILES string of the molecule is CC(CC(=O)O)c1ccc(N2CCOC2=O)cc1. The summed E-state index contributed by atoms with van der Waals surface area (Å²) in [5, 5.41) is 8.74. The van der Waals surface area contributed by atoms with E-state index >= 15 is 0 Å². The Morgan fingerprint density at radius 2 is 2.11 bits per heavy atom. The van der Waals surface area contributed by atoms with Crippen molar-refractivity contribution >= 4 is 17.7 Å². The summed E-state index contributed by atoms with van der Waals surface area (Å²) in [7, 11) is 0. The highest BCUT2D eigenvalue weighted by Gasteiger charge is 2.23. The number of carbonyl (C=O) groups is 2. The van der Waals surface area contributed by atoms with Gasteiger partial charge >= 0.3 is 12.1 Å². The average Bonchev–Trinajstić information content (AvgIpc) is 2.75. The fourth-order valence-electron chi connectivity index (χ4n) is 1.99. The van der Waals surface area contributed by atoms with Crippen LogP contribution in [0.1, 0.15) is 24.8 Å². The Kier molecular flexibility index (Phi) is 3.50. The van der Waals surface area contributed by atoms with E-state index in [2.05, 4.69) is 0 Å². The molecule has 1 saturated heterocycles. The molecule has 18 heavy (non-hydrogen) atoms. The standard InChI is InChI=1S/C13H15NO4/c1-9(8-12(15)16)10-2-4-11(5-3-10)14-6-7-18-13(14)17/h2-5,9H,6-8H2,1H3,(H,15,16). The molecule has 0 spiro atoms. The van der Waals surface area contributed by atoms with Gasteiger partial charge in [-0.3, -0.25) is 9.69 Å². The fourth-order valence-corrected chi connectivity index (χ4v) is 1.99. The largest absolute Gasteiger partial charge is 0.481 e. The number of benzene rings is 1. The van der Waals surface area contributed by atoms with E-state index in [1.165, 1.54) is 0 Å². The number of rotatable bonds is 4. The van der Waals surface area contributed by atoms with Gasteiger partial charge in [0.1, 0.15) is 6.61 Å². The summed E-state index contributed by atoms with van der Waals surface area (Å²) in [6, 6.07) is 7.35. The summed E-state index contributed by atoms with van der Waals surface area (Å²) in [4.78, 5) is 23.6. The third kappa shape index (κ3) is 2.61. The maximum Gasteiger partial charge on any atom is 0.414 e. The highest BCUT2D eigenvalue weighted by molar-refractivity contribution is 5.89. The number of cyclic esters (lactones) is 1. The minimum absolute atomic E-state index is 0.0397. The molecule has 0 bridgehead atoms. The first-order valence-electron chi connectivity index (χ1n) is 5.84. The van der Waals surface area contributed by atoms with Crippen molar-refractivity contribution in [2.75, 3.05) is 18.1 Å². The number of amides is 1. The molecule has 0 radical (unpaired) electrons. The number of carboxylic acid groups (broad SMARTS) is 1. The smallest absolute Gasteiger partial charge is 0.414 e. The third-order valence-electron chi connectivity index (χ3n) is 3.02. The Bertz CT molecular complexity index is 455. The van der Waals surface area contributed by atoms with Crippen LogP contribution in [0.2, 0.25) is 0 Å². The van der Waals surface area contributed by atoms with Crippen molar-refractivity contribution in [3.05, 3.63) is 29.8 Å². The molecule has 0 aliphatic carbocycles. The minimum Gasteiger partial charge on any atom is -0.481 e. The van der Waals surface area contributed by atoms with Crippen LogP contribution in [0.15, 0.2) is 24.3 Å². The lowest BCUT2D eigenvalue weighted by atomic mass is 9.98. The van der Waals surface area contributed by atoms with Gasteiger partial charge in [-0.1, -0.05) is 19.1 Å². The number of aliphatic carboxylic acids is 1. The number of carboxylic acids is 1. The topological polar surface area (TPSA) is 66.8 Å². The van der Waals surface area contributed by atoms with Gasteiger partial charge in [-0.2, -0.15) is 0 Å². The summed E-state index contributed by atoms with van der Waals surface area (Å²) in [6.45, 7) is 2.84. The second-order valence-corrected chi connectivity index (χ2v) is 4.36. The van der Waals surface area contributed by atoms with Crippen LogP contribution in [0.25, 0.3) is 0 Å². The maximum atomic E-state index is 11.4. The lowest BCUT2D eigenvalue weighted by Crippen LogP contribution is -2.23. The lowest BCUT2D eigenvalue weighted by molar-refractivity contribution is -0.137. The number of hydrogen-bond acceptors (Lipinski definition) is 3. The summed E-state index contributed by atoms with van der Waals surface area (Å²) >= 11 is 0. The quantitative estimate of drug-likeness (QED) is 0.888. The van der Waals surface area contributed by atoms with Gasteiger partial charge in [-0.25, -0.2) is 4.79 Å². The van der Waals surface area contributed by atoms with Crippen LogP contribution >= 0.6 is 0 Å². The van der Waals surface area contributed by atoms with Crippen molar-refractivity contribution in [1.82, 2.24) is 0 Å². The third-order valence-corrected chi connectivity index (χ3v) is 3.02. The second-order valence-electron chi connectivity index (χ2n) is 4.36. The minimum atomic E-state index is -0.810. The molecule has 1 aromatic rings. The number of ether oxygens (including phenoxy) is 1. The van der Waals surface area contributed by atoms with Crippen molar-refractivity contribution in [2.45, 2.75) is 19.3 Å². The van der Waals surface area contributed by atoms with E-state index in [4.69, 9.17) is 9.84 Å². The highest BCUT2D eigenvalue weighted by atomic mass is 16.6.